The van der Waals surface area contributed by atoms with E-state index in [0.29, 0.717) is 22.0 Å². The van der Waals surface area contributed by atoms with Crippen LogP contribution in [0.4, 0.5) is 10.2 Å². The molecule has 0 radical (unpaired) electrons. The van der Waals surface area contributed by atoms with E-state index in [0.717, 1.165) is 5.56 Å². The topological polar surface area (TPSA) is 74.8 Å². The van der Waals surface area contributed by atoms with Gasteiger partial charge in [-0.25, -0.2) is 9.37 Å². The number of aryl methyl sites for hydroxylation is 1. The lowest BCUT2D eigenvalue weighted by Crippen LogP contribution is -2.31. The number of carbonyl (C=O) groups is 1. The van der Waals surface area contributed by atoms with Crippen molar-refractivity contribution in [1.82, 2.24) is 9.97 Å². The van der Waals surface area contributed by atoms with E-state index >= 15 is 0 Å². The van der Waals surface area contributed by atoms with Crippen molar-refractivity contribution in [3.63, 3.8) is 0 Å². The number of rotatable bonds is 4. The third kappa shape index (κ3) is 3.71. The fourth-order valence-corrected chi connectivity index (χ4v) is 4.25. The van der Waals surface area contributed by atoms with Crippen LogP contribution < -0.4 is 10.9 Å². The van der Waals surface area contributed by atoms with Gasteiger partial charge < -0.3 is 10.3 Å². The molecule has 0 fully saturated rings. The van der Waals surface area contributed by atoms with Crippen LogP contribution >= 0.6 is 11.8 Å². The maximum absolute atomic E-state index is 13.2. The molecule has 28 heavy (non-hydrogen) atoms. The second-order valence-corrected chi connectivity index (χ2v) is 7.67. The molecular formula is C21H18FN3O2S. The molecule has 1 aliphatic rings. The van der Waals surface area contributed by atoms with Gasteiger partial charge in [-0.1, -0.05) is 48.2 Å². The highest BCUT2D eigenvalue weighted by Gasteiger charge is 2.30. The number of fused-ring (bicyclic) bond motifs is 1. The zero-order valence-corrected chi connectivity index (χ0v) is 16.0. The van der Waals surface area contributed by atoms with Gasteiger partial charge in [0.1, 0.15) is 11.6 Å². The van der Waals surface area contributed by atoms with E-state index in [1.54, 1.807) is 12.1 Å². The predicted octanol–water partition coefficient (Wildman–Crippen LogP) is 3.98. The number of hydrogen-bond acceptors (Lipinski definition) is 4. The maximum atomic E-state index is 13.2. The summed E-state index contributed by atoms with van der Waals surface area (Å²) in [5.74, 6) is -0.0874. The largest absolute Gasteiger partial charge is 0.310 e. The minimum absolute atomic E-state index is 0.124. The SMILES string of the molecule is Cc1ccccc1CSc1nc2c(c(=O)[nH]1)C(c1ccc(F)cc1)CC(=O)N2. The summed E-state index contributed by atoms with van der Waals surface area (Å²) >= 11 is 1.41. The van der Waals surface area contributed by atoms with Crippen LogP contribution in [0.15, 0.2) is 58.5 Å². The summed E-state index contributed by atoms with van der Waals surface area (Å²) in [6.07, 6.45) is 0.124. The van der Waals surface area contributed by atoms with E-state index in [-0.39, 0.29) is 29.5 Å². The second-order valence-electron chi connectivity index (χ2n) is 6.70. The van der Waals surface area contributed by atoms with Crippen LogP contribution in [0.3, 0.4) is 0 Å². The van der Waals surface area contributed by atoms with Crippen LogP contribution in [-0.2, 0) is 10.5 Å². The van der Waals surface area contributed by atoms with Gasteiger partial charge in [-0.05, 0) is 35.7 Å². The lowest BCUT2D eigenvalue weighted by Gasteiger charge is -2.24. The average molecular weight is 395 g/mol. The van der Waals surface area contributed by atoms with Crippen LogP contribution in [0.25, 0.3) is 0 Å². The van der Waals surface area contributed by atoms with Crippen LogP contribution in [0.5, 0.6) is 0 Å². The average Bonchev–Trinajstić information content (AvgIpc) is 2.67. The van der Waals surface area contributed by atoms with Crippen molar-refractivity contribution in [2.45, 2.75) is 30.2 Å². The van der Waals surface area contributed by atoms with Crippen LogP contribution in [0.1, 0.15) is 34.6 Å². The number of thioether (sulfide) groups is 1. The van der Waals surface area contributed by atoms with Gasteiger partial charge in [-0.3, -0.25) is 9.59 Å². The number of carbonyl (C=O) groups excluding carboxylic acids is 1. The molecule has 0 saturated carbocycles. The molecule has 5 nitrogen and oxygen atoms in total. The number of hydrogen-bond donors (Lipinski definition) is 2. The highest BCUT2D eigenvalue weighted by molar-refractivity contribution is 7.98. The van der Waals surface area contributed by atoms with Gasteiger partial charge in [0.05, 0.1) is 5.56 Å². The minimum Gasteiger partial charge on any atom is -0.310 e. The number of aromatic nitrogens is 2. The number of aromatic amines is 1. The van der Waals surface area contributed by atoms with Crippen LogP contribution in [0, 0.1) is 12.7 Å². The molecule has 1 unspecified atom stereocenters. The number of amides is 1. The molecule has 0 aliphatic carbocycles. The van der Waals surface area contributed by atoms with Gasteiger partial charge in [-0.2, -0.15) is 0 Å². The lowest BCUT2D eigenvalue weighted by atomic mass is 9.87. The Morgan fingerprint density at radius 2 is 1.89 bits per heavy atom. The molecule has 3 aromatic rings. The Morgan fingerprint density at radius 3 is 2.64 bits per heavy atom. The molecule has 0 saturated heterocycles. The summed E-state index contributed by atoms with van der Waals surface area (Å²) in [6, 6.07) is 13.9. The van der Waals surface area contributed by atoms with Gasteiger partial charge in [0, 0.05) is 18.1 Å². The Morgan fingerprint density at radius 1 is 1.14 bits per heavy atom. The molecule has 2 heterocycles. The predicted molar refractivity (Wildman–Crippen MR) is 107 cm³/mol. The molecule has 1 aromatic heterocycles. The van der Waals surface area contributed by atoms with Crippen molar-refractivity contribution in [3.05, 3.63) is 87.0 Å². The third-order valence-corrected chi connectivity index (χ3v) is 5.75. The number of nitrogens with zero attached hydrogens (tertiary/aromatic N) is 1. The first kappa shape index (κ1) is 18.4. The first-order chi connectivity index (χ1) is 13.5. The van der Waals surface area contributed by atoms with Crippen LogP contribution in [-0.4, -0.2) is 15.9 Å². The summed E-state index contributed by atoms with van der Waals surface area (Å²) in [4.78, 5) is 32.3. The number of halogens is 1. The molecule has 2 aromatic carbocycles. The van der Waals surface area contributed by atoms with E-state index in [4.69, 9.17) is 0 Å². The van der Waals surface area contributed by atoms with Crippen molar-refractivity contribution in [1.29, 1.82) is 0 Å². The zero-order chi connectivity index (χ0) is 19.7. The fourth-order valence-electron chi connectivity index (χ4n) is 3.32. The summed E-state index contributed by atoms with van der Waals surface area (Å²) < 4.78 is 13.2. The van der Waals surface area contributed by atoms with Crippen molar-refractivity contribution in [2.75, 3.05) is 5.32 Å². The Balaban J connectivity index is 1.66. The van der Waals surface area contributed by atoms with E-state index in [2.05, 4.69) is 15.3 Å². The van der Waals surface area contributed by atoms with Crippen molar-refractivity contribution < 1.29 is 9.18 Å². The number of H-pyrrole nitrogens is 1. The van der Waals surface area contributed by atoms with E-state index in [1.807, 2.05) is 31.2 Å². The van der Waals surface area contributed by atoms with Gasteiger partial charge in [-0.15, -0.1) is 0 Å². The Hall–Kier alpha value is -2.93. The highest BCUT2D eigenvalue weighted by Crippen LogP contribution is 2.34. The first-order valence-electron chi connectivity index (χ1n) is 8.88. The molecule has 142 valence electrons. The fraction of sp³-hybridized carbons (Fsp3) is 0.190. The number of benzene rings is 2. The Bertz CT molecular complexity index is 1100. The maximum Gasteiger partial charge on any atom is 0.257 e. The molecular weight excluding hydrogens is 377 g/mol. The Labute approximate surface area is 165 Å². The summed E-state index contributed by atoms with van der Waals surface area (Å²) in [5.41, 5.74) is 3.16. The summed E-state index contributed by atoms with van der Waals surface area (Å²) in [5, 5.41) is 3.16. The van der Waals surface area contributed by atoms with Gasteiger partial charge >= 0.3 is 0 Å². The molecule has 0 bridgehead atoms. The smallest absolute Gasteiger partial charge is 0.257 e. The minimum atomic E-state index is -0.448. The molecule has 1 aliphatic heterocycles. The zero-order valence-electron chi connectivity index (χ0n) is 15.2. The summed E-state index contributed by atoms with van der Waals surface area (Å²) in [7, 11) is 0. The third-order valence-electron chi connectivity index (χ3n) is 4.83. The molecule has 7 heteroatoms. The summed E-state index contributed by atoms with van der Waals surface area (Å²) in [6.45, 7) is 2.03. The van der Waals surface area contributed by atoms with Crippen LogP contribution in [0.2, 0.25) is 0 Å². The monoisotopic (exact) mass is 395 g/mol. The second kappa shape index (κ2) is 7.59. The van der Waals surface area contributed by atoms with Crippen molar-refractivity contribution >= 4 is 23.5 Å². The standard InChI is InChI=1S/C21H18FN3O2S/c1-12-4-2-3-5-14(12)11-28-21-24-19-18(20(27)25-21)16(10-17(26)23-19)13-6-8-15(22)9-7-13/h2-9,16H,10-11H2,1H3,(H2,23,24,25,26,27). The van der Waals surface area contributed by atoms with E-state index < -0.39 is 5.92 Å². The van der Waals surface area contributed by atoms with E-state index in [9.17, 15) is 14.0 Å². The first-order valence-corrected chi connectivity index (χ1v) is 9.86. The number of anilines is 1. The van der Waals surface area contributed by atoms with E-state index in [1.165, 1.54) is 29.5 Å². The quantitative estimate of drug-likeness (QED) is 0.518. The molecule has 2 N–H and O–H groups in total. The Kier molecular flexibility index (Phi) is 5.00. The molecule has 1 amide bonds. The lowest BCUT2D eigenvalue weighted by molar-refractivity contribution is -0.116. The van der Waals surface area contributed by atoms with Gasteiger partial charge in [0.2, 0.25) is 5.91 Å². The molecule has 1 atom stereocenters. The highest BCUT2D eigenvalue weighted by atomic mass is 32.2. The number of nitrogens with one attached hydrogen (secondary N) is 2. The normalized spacial score (nSPS) is 15.8. The van der Waals surface area contributed by atoms with Gasteiger partial charge in [0.15, 0.2) is 5.16 Å². The van der Waals surface area contributed by atoms with Crippen molar-refractivity contribution in [2.24, 2.45) is 0 Å². The molecule has 4 rings (SSSR count). The van der Waals surface area contributed by atoms with Gasteiger partial charge in [0.25, 0.3) is 5.56 Å². The van der Waals surface area contributed by atoms with Crippen molar-refractivity contribution in [3.8, 4) is 0 Å². The molecule has 0 spiro atoms.